The fourth-order valence-corrected chi connectivity index (χ4v) is 3.48. The molecule has 2 heterocycles. The number of nitrogens with zero attached hydrogens (tertiary/aromatic N) is 4. The van der Waals surface area contributed by atoms with Gasteiger partial charge in [0.05, 0.1) is 14.2 Å². The van der Waals surface area contributed by atoms with Gasteiger partial charge in [-0.3, -0.25) is 0 Å². The number of aromatic nitrogens is 2. The van der Waals surface area contributed by atoms with Gasteiger partial charge in [0, 0.05) is 37.0 Å². The summed E-state index contributed by atoms with van der Waals surface area (Å²) in [4.78, 5) is 11.5. The monoisotopic (exact) mass is 543 g/mol. The fourth-order valence-electron chi connectivity index (χ4n) is 3.48. The van der Waals surface area contributed by atoms with Gasteiger partial charge in [-0.15, -0.1) is 24.0 Å². The summed E-state index contributed by atoms with van der Waals surface area (Å²) < 4.78 is 16.2. The number of nitrogens with one attached hydrogen (secondary N) is 1. The van der Waals surface area contributed by atoms with E-state index < -0.39 is 0 Å². The van der Waals surface area contributed by atoms with Crippen molar-refractivity contribution in [3.63, 3.8) is 0 Å². The molecule has 172 valence electrons. The summed E-state index contributed by atoms with van der Waals surface area (Å²) in [6, 6.07) is 6.08. The first kappa shape index (κ1) is 25.2. The zero-order chi connectivity index (χ0) is 21.7. The average Bonchev–Trinajstić information content (AvgIpc) is 3.40. The molecule has 0 saturated carbocycles. The number of likely N-dealkylation sites (tertiary alicyclic amines) is 1. The van der Waals surface area contributed by atoms with Crippen LogP contribution in [-0.4, -0.2) is 54.9 Å². The van der Waals surface area contributed by atoms with Gasteiger partial charge in [-0.05, 0) is 31.0 Å². The van der Waals surface area contributed by atoms with E-state index in [-0.39, 0.29) is 29.4 Å². The number of ether oxygens (including phenoxy) is 2. The standard InChI is InChI=1S/C22H33N5O3.HI/c1-7-23-21(24-13-19-25-20(30-26-19)22(2,3)4)27-9-8-15(14-27)16-10-17(28-5)12-18(11-16)29-6;/h10-12,15H,7-9,13-14H2,1-6H3,(H,23,24);1H. The van der Waals surface area contributed by atoms with E-state index in [1.54, 1.807) is 14.2 Å². The number of hydrogen-bond donors (Lipinski definition) is 1. The van der Waals surface area contributed by atoms with E-state index in [4.69, 9.17) is 19.0 Å². The second kappa shape index (κ2) is 11.0. The third-order valence-corrected chi connectivity index (χ3v) is 5.15. The highest BCUT2D eigenvalue weighted by Crippen LogP contribution is 2.33. The molecule has 1 unspecified atom stereocenters. The second-order valence-electron chi connectivity index (χ2n) is 8.51. The molecule has 0 amide bonds. The lowest BCUT2D eigenvalue weighted by Gasteiger charge is -2.21. The van der Waals surface area contributed by atoms with Crippen molar-refractivity contribution in [3.8, 4) is 11.5 Å². The van der Waals surface area contributed by atoms with Crippen LogP contribution >= 0.6 is 24.0 Å². The third kappa shape index (κ3) is 6.47. The molecule has 1 fully saturated rings. The summed E-state index contributed by atoms with van der Waals surface area (Å²) in [5.74, 6) is 4.12. The first-order valence-corrected chi connectivity index (χ1v) is 10.4. The van der Waals surface area contributed by atoms with E-state index in [0.717, 1.165) is 43.5 Å². The van der Waals surface area contributed by atoms with Gasteiger partial charge in [0.2, 0.25) is 5.89 Å². The molecule has 1 saturated heterocycles. The zero-order valence-corrected chi connectivity index (χ0v) is 21.6. The Labute approximate surface area is 201 Å². The van der Waals surface area contributed by atoms with Crippen LogP contribution in [0.3, 0.4) is 0 Å². The Bertz CT molecular complexity index is 856. The molecule has 0 spiro atoms. The molecule has 8 nitrogen and oxygen atoms in total. The maximum atomic E-state index is 5.43. The van der Waals surface area contributed by atoms with Gasteiger partial charge < -0.3 is 24.2 Å². The maximum absolute atomic E-state index is 5.43. The molecule has 1 aromatic carbocycles. The van der Waals surface area contributed by atoms with E-state index in [1.165, 1.54) is 5.56 Å². The number of methoxy groups -OCH3 is 2. The molecular formula is C22H34IN5O3. The summed E-state index contributed by atoms with van der Waals surface area (Å²) in [6.07, 6.45) is 1.04. The first-order valence-electron chi connectivity index (χ1n) is 10.4. The Hall–Kier alpha value is -2.04. The molecule has 2 aromatic rings. The number of aliphatic imine (C=N–C) groups is 1. The molecule has 0 aliphatic carbocycles. The van der Waals surface area contributed by atoms with E-state index in [2.05, 4.69) is 60.2 Å². The van der Waals surface area contributed by atoms with Crippen molar-refractivity contribution >= 4 is 29.9 Å². The molecule has 1 aromatic heterocycles. The molecule has 0 radical (unpaired) electrons. The van der Waals surface area contributed by atoms with E-state index in [9.17, 15) is 0 Å². The van der Waals surface area contributed by atoms with Crippen LogP contribution in [0, 0.1) is 0 Å². The molecule has 1 aliphatic heterocycles. The van der Waals surface area contributed by atoms with Crippen molar-refractivity contribution in [1.29, 1.82) is 0 Å². The van der Waals surface area contributed by atoms with Crippen LogP contribution in [0.4, 0.5) is 0 Å². The molecule has 1 N–H and O–H groups in total. The Morgan fingerprint density at radius 1 is 1.23 bits per heavy atom. The lowest BCUT2D eigenvalue weighted by molar-refractivity contribution is 0.318. The second-order valence-corrected chi connectivity index (χ2v) is 8.51. The average molecular weight is 543 g/mol. The van der Waals surface area contributed by atoms with Crippen LogP contribution in [0.1, 0.15) is 57.3 Å². The van der Waals surface area contributed by atoms with Crippen LogP contribution in [0.15, 0.2) is 27.7 Å². The molecular weight excluding hydrogens is 509 g/mol. The normalized spacial score (nSPS) is 16.8. The highest BCUT2D eigenvalue weighted by Gasteiger charge is 2.27. The molecule has 1 atom stereocenters. The van der Waals surface area contributed by atoms with Crippen molar-refractivity contribution in [3.05, 3.63) is 35.5 Å². The van der Waals surface area contributed by atoms with Crippen molar-refractivity contribution in [2.75, 3.05) is 33.9 Å². The van der Waals surface area contributed by atoms with Crippen LogP contribution in [0.25, 0.3) is 0 Å². The SMILES string of the molecule is CCNC(=NCc1noc(C(C)(C)C)n1)N1CCC(c2cc(OC)cc(OC)c2)C1.I. The number of rotatable bonds is 6. The Morgan fingerprint density at radius 3 is 2.45 bits per heavy atom. The summed E-state index contributed by atoms with van der Waals surface area (Å²) in [5, 5.41) is 7.46. The van der Waals surface area contributed by atoms with Gasteiger partial charge in [-0.25, -0.2) is 4.99 Å². The number of halogens is 1. The summed E-state index contributed by atoms with van der Waals surface area (Å²) in [6.45, 7) is 11.2. The summed E-state index contributed by atoms with van der Waals surface area (Å²) >= 11 is 0. The summed E-state index contributed by atoms with van der Waals surface area (Å²) in [5.41, 5.74) is 1.05. The summed E-state index contributed by atoms with van der Waals surface area (Å²) in [7, 11) is 3.36. The minimum absolute atomic E-state index is 0. The minimum Gasteiger partial charge on any atom is -0.497 e. The minimum atomic E-state index is -0.167. The highest BCUT2D eigenvalue weighted by atomic mass is 127. The Balaban J connectivity index is 0.00000341. The van der Waals surface area contributed by atoms with Crippen molar-refractivity contribution in [1.82, 2.24) is 20.4 Å². The Morgan fingerprint density at radius 2 is 1.90 bits per heavy atom. The number of hydrogen-bond acceptors (Lipinski definition) is 6. The predicted molar refractivity (Wildman–Crippen MR) is 132 cm³/mol. The van der Waals surface area contributed by atoms with Crippen LogP contribution in [-0.2, 0) is 12.0 Å². The third-order valence-electron chi connectivity index (χ3n) is 5.15. The highest BCUT2D eigenvalue weighted by molar-refractivity contribution is 14.0. The van der Waals surface area contributed by atoms with Crippen LogP contribution in [0.2, 0.25) is 0 Å². The van der Waals surface area contributed by atoms with Gasteiger partial charge >= 0.3 is 0 Å². The van der Waals surface area contributed by atoms with Gasteiger partial charge in [0.1, 0.15) is 18.0 Å². The molecule has 1 aliphatic rings. The largest absolute Gasteiger partial charge is 0.497 e. The lowest BCUT2D eigenvalue weighted by atomic mass is 9.97. The quantitative estimate of drug-likeness (QED) is 0.336. The predicted octanol–water partition coefficient (Wildman–Crippen LogP) is 3.96. The molecule has 31 heavy (non-hydrogen) atoms. The van der Waals surface area contributed by atoms with Gasteiger partial charge in [-0.1, -0.05) is 25.9 Å². The van der Waals surface area contributed by atoms with E-state index in [1.807, 2.05) is 6.07 Å². The zero-order valence-electron chi connectivity index (χ0n) is 19.3. The van der Waals surface area contributed by atoms with Gasteiger partial charge in [0.15, 0.2) is 11.8 Å². The first-order chi connectivity index (χ1) is 14.3. The van der Waals surface area contributed by atoms with E-state index in [0.29, 0.717) is 24.2 Å². The van der Waals surface area contributed by atoms with Crippen molar-refractivity contribution in [2.24, 2.45) is 4.99 Å². The smallest absolute Gasteiger partial charge is 0.232 e. The topological polar surface area (TPSA) is 85.0 Å². The number of benzene rings is 1. The Kier molecular flexibility index (Phi) is 8.96. The number of guanidine groups is 1. The fraction of sp³-hybridized carbons (Fsp3) is 0.591. The van der Waals surface area contributed by atoms with E-state index >= 15 is 0 Å². The van der Waals surface area contributed by atoms with Gasteiger partial charge in [-0.2, -0.15) is 4.98 Å². The van der Waals surface area contributed by atoms with Crippen LogP contribution < -0.4 is 14.8 Å². The molecule has 9 heteroatoms. The molecule has 0 bridgehead atoms. The van der Waals surface area contributed by atoms with Crippen molar-refractivity contribution < 1.29 is 14.0 Å². The molecule has 3 rings (SSSR count). The van der Waals surface area contributed by atoms with Crippen LogP contribution in [0.5, 0.6) is 11.5 Å². The van der Waals surface area contributed by atoms with Crippen molar-refractivity contribution in [2.45, 2.75) is 52.0 Å². The lowest BCUT2D eigenvalue weighted by Crippen LogP contribution is -2.40. The maximum Gasteiger partial charge on any atom is 0.232 e. The van der Waals surface area contributed by atoms with Gasteiger partial charge in [0.25, 0.3) is 0 Å².